The second kappa shape index (κ2) is 15.8. The van der Waals surface area contributed by atoms with Gasteiger partial charge in [0.2, 0.25) is 0 Å². The quantitative estimate of drug-likeness (QED) is 0.154. The summed E-state index contributed by atoms with van der Waals surface area (Å²) in [7, 11) is -3.21. The highest BCUT2D eigenvalue weighted by Crippen LogP contribution is 2.29. The minimum atomic E-state index is -3.21. The van der Waals surface area contributed by atoms with Gasteiger partial charge in [-0.2, -0.15) is 0 Å². The van der Waals surface area contributed by atoms with Gasteiger partial charge in [0.05, 0.1) is 10.6 Å². The van der Waals surface area contributed by atoms with Gasteiger partial charge >= 0.3 is 0 Å². The minimum absolute atomic E-state index is 0.236. The molecule has 0 aliphatic heterocycles. The van der Waals surface area contributed by atoms with E-state index in [0.29, 0.717) is 4.90 Å². The third-order valence-electron chi connectivity index (χ3n) is 5.81. The van der Waals surface area contributed by atoms with Crippen LogP contribution in [0.3, 0.4) is 0 Å². The average Bonchev–Trinajstić information content (AvgIpc) is 3.29. The van der Waals surface area contributed by atoms with Crippen LogP contribution >= 0.6 is 23.1 Å². The second-order valence-corrected chi connectivity index (χ2v) is 12.7. The lowest BCUT2D eigenvalue weighted by molar-refractivity contribution is 0.537. The van der Waals surface area contributed by atoms with Crippen molar-refractivity contribution in [3.8, 4) is 10.6 Å². The maximum Gasteiger partial charge on any atom is 0.178 e. The molecular formula is C25H40N2O2S3. The van der Waals surface area contributed by atoms with Crippen LogP contribution in [0.5, 0.6) is 0 Å². The van der Waals surface area contributed by atoms with Crippen molar-refractivity contribution in [2.75, 3.05) is 12.0 Å². The summed E-state index contributed by atoms with van der Waals surface area (Å²) >= 11 is 3.09. The molecule has 0 bridgehead atoms. The molecule has 2 aromatic rings. The molecule has 4 nitrogen and oxygen atoms in total. The van der Waals surface area contributed by atoms with Gasteiger partial charge in [0.1, 0.15) is 5.01 Å². The van der Waals surface area contributed by atoms with Crippen LogP contribution in [-0.2, 0) is 9.84 Å². The van der Waals surface area contributed by atoms with Crippen LogP contribution in [0.15, 0.2) is 33.5 Å². The second-order valence-electron chi connectivity index (χ2n) is 8.52. The lowest BCUT2D eigenvalue weighted by Gasteiger charge is -2.06. The number of unbranched alkanes of at least 4 members (excludes halogenated alkanes) is 13. The highest BCUT2D eigenvalue weighted by molar-refractivity contribution is 8.00. The Morgan fingerprint density at radius 3 is 1.72 bits per heavy atom. The van der Waals surface area contributed by atoms with Gasteiger partial charge in [-0.3, -0.25) is 0 Å². The number of sulfone groups is 1. The van der Waals surface area contributed by atoms with E-state index < -0.39 is 9.84 Å². The zero-order valence-corrected chi connectivity index (χ0v) is 22.3. The lowest BCUT2D eigenvalue weighted by Crippen LogP contribution is -2.06. The molecule has 2 rings (SSSR count). The summed E-state index contributed by atoms with van der Waals surface area (Å²) in [6.07, 6.45) is 19.7. The molecule has 0 saturated heterocycles. The normalized spacial score (nSPS) is 11.8. The summed E-state index contributed by atoms with van der Waals surface area (Å²) in [5.74, 6) is 0.236. The molecule has 0 fully saturated rings. The molecule has 0 spiro atoms. The van der Waals surface area contributed by atoms with E-state index in [4.69, 9.17) is 0 Å². The average molecular weight is 497 g/mol. The molecule has 0 saturated carbocycles. The van der Waals surface area contributed by atoms with Crippen molar-refractivity contribution in [2.24, 2.45) is 0 Å². The predicted molar refractivity (Wildman–Crippen MR) is 139 cm³/mol. The smallest absolute Gasteiger partial charge is 0.178 e. The van der Waals surface area contributed by atoms with E-state index in [0.717, 1.165) is 34.2 Å². The van der Waals surface area contributed by atoms with Crippen molar-refractivity contribution in [3.05, 3.63) is 24.3 Å². The van der Waals surface area contributed by atoms with E-state index in [2.05, 4.69) is 17.1 Å². The fourth-order valence-corrected chi connectivity index (χ4v) is 6.46. The van der Waals surface area contributed by atoms with Gasteiger partial charge in [-0.25, -0.2) is 8.42 Å². The van der Waals surface area contributed by atoms with Crippen molar-refractivity contribution in [1.82, 2.24) is 10.2 Å². The lowest BCUT2D eigenvalue weighted by atomic mass is 10.0. The summed E-state index contributed by atoms with van der Waals surface area (Å²) in [5.41, 5.74) is 0.915. The molecule has 0 aliphatic rings. The van der Waals surface area contributed by atoms with Gasteiger partial charge in [0.25, 0.3) is 0 Å². The molecule has 1 aromatic carbocycles. The Labute approximate surface area is 203 Å². The Bertz CT molecular complexity index is 848. The molecule has 1 aromatic heterocycles. The van der Waals surface area contributed by atoms with Gasteiger partial charge in [0.15, 0.2) is 14.2 Å². The molecule has 0 unspecified atom stereocenters. The minimum Gasteiger partial charge on any atom is -0.224 e. The van der Waals surface area contributed by atoms with E-state index in [9.17, 15) is 8.42 Å². The molecule has 0 amide bonds. The fraction of sp³-hybridized carbons (Fsp3) is 0.680. The van der Waals surface area contributed by atoms with Crippen LogP contribution in [0.1, 0.15) is 96.8 Å². The standard InChI is InChI=1S/C25H40N2O2S3/c1-3-4-5-6-7-8-9-10-11-12-13-14-15-16-21-32(28,29)23-19-17-22(18-20-23)24-26-27-25(30-2)31-24/h17-20H,3-16,21H2,1-2H3. The van der Waals surface area contributed by atoms with Crippen molar-refractivity contribution in [2.45, 2.75) is 106 Å². The fourth-order valence-electron chi connectivity index (χ4n) is 3.82. The molecule has 0 radical (unpaired) electrons. The summed E-state index contributed by atoms with van der Waals surface area (Å²) in [4.78, 5) is 0.408. The molecule has 7 heteroatoms. The topological polar surface area (TPSA) is 59.9 Å². The number of benzene rings is 1. The van der Waals surface area contributed by atoms with Crippen LogP contribution in [0.25, 0.3) is 10.6 Å². The SMILES string of the molecule is CCCCCCCCCCCCCCCCS(=O)(=O)c1ccc(-c2nnc(SC)s2)cc1. The number of hydrogen-bond acceptors (Lipinski definition) is 6. The van der Waals surface area contributed by atoms with Gasteiger partial charge in [-0.1, -0.05) is 126 Å². The van der Waals surface area contributed by atoms with Gasteiger partial charge < -0.3 is 0 Å². The molecule has 180 valence electrons. The Kier molecular flexibility index (Phi) is 13.5. The van der Waals surface area contributed by atoms with E-state index in [1.165, 1.54) is 82.0 Å². The van der Waals surface area contributed by atoms with Crippen LogP contribution in [0, 0.1) is 0 Å². The van der Waals surface area contributed by atoms with E-state index >= 15 is 0 Å². The van der Waals surface area contributed by atoms with Crippen LogP contribution in [0.4, 0.5) is 0 Å². The first-order chi connectivity index (χ1) is 15.6. The van der Waals surface area contributed by atoms with E-state index in [1.807, 2.05) is 18.4 Å². The predicted octanol–water partition coefficient (Wildman–Crippen LogP) is 8.18. The van der Waals surface area contributed by atoms with Crippen molar-refractivity contribution in [1.29, 1.82) is 0 Å². The van der Waals surface area contributed by atoms with Gasteiger partial charge in [-0.05, 0) is 24.8 Å². The monoisotopic (exact) mass is 496 g/mol. The molecular weight excluding hydrogens is 456 g/mol. The Balaban J connectivity index is 1.55. The molecule has 0 aliphatic carbocycles. The zero-order chi connectivity index (χ0) is 23.1. The third kappa shape index (κ3) is 10.3. The van der Waals surface area contributed by atoms with Gasteiger partial charge in [-0.15, -0.1) is 10.2 Å². The first kappa shape index (κ1) is 27.3. The first-order valence-electron chi connectivity index (χ1n) is 12.3. The summed E-state index contributed by atoms with van der Waals surface area (Å²) in [6, 6.07) is 7.08. The summed E-state index contributed by atoms with van der Waals surface area (Å²) in [5, 5.41) is 9.09. The molecule has 0 atom stereocenters. The highest BCUT2D eigenvalue weighted by atomic mass is 32.2. The molecule has 0 N–H and O–H groups in total. The van der Waals surface area contributed by atoms with Crippen molar-refractivity contribution in [3.63, 3.8) is 0 Å². The summed E-state index contributed by atoms with van der Waals surface area (Å²) < 4.78 is 26.2. The summed E-state index contributed by atoms with van der Waals surface area (Å²) in [6.45, 7) is 2.27. The number of nitrogens with zero attached hydrogens (tertiary/aromatic N) is 2. The highest BCUT2D eigenvalue weighted by Gasteiger charge is 2.15. The number of hydrogen-bond donors (Lipinski definition) is 0. The molecule has 32 heavy (non-hydrogen) atoms. The van der Waals surface area contributed by atoms with E-state index in [1.54, 1.807) is 23.9 Å². The first-order valence-corrected chi connectivity index (χ1v) is 16.0. The number of aromatic nitrogens is 2. The van der Waals surface area contributed by atoms with Crippen LogP contribution < -0.4 is 0 Å². The maximum atomic E-state index is 12.6. The van der Waals surface area contributed by atoms with Crippen molar-refractivity contribution < 1.29 is 8.42 Å². The Hall–Kier alpha value is -0.920. The number of thioether (sulfide) groups is 1. The third-order valence-corrected chi connectivity index (χ3v) is 9.57. The van der Waals surface area contributed by atoms with Crippen LogP contribution in [-0.4, -0.2) is 30.6 Å². The molecule has 1 heterocycles. The van der Waals surface area contributed by atoms with Crippen LogP contribution in [0.2, 0.25) is 0 Å². The maximum absolute atomic E-state index is 12.6. The van der Waals surface area contributed by atoms with Gasteiger partial charge in [0, 0.05) is 5.56 Å². The Morgan fingerprint density at radius 2 is 1.25 bits per heavy atom. The zero-order valence-electron chi connectivity index (χ0n) is 19.9. The largest absolute Gasteiger partial charge is 0.224 e. The Morgan fingerprint density at radius 1 is 0.750 bits per heavy atom. The number of rotatable bonds is 18. The van der Waals surface area contributed by atoms with E-state index in [-0.39, 0.29) is 5.75 Å². The van der Waals surface area contributed by atoms with Crippen molar-refractivity contribution >= 4 is 32.9 Å².